The van der Waals surface area contributed by atoms with Gasteiger partial charge in [0.2, 0.25) is 0 Å². The highest BCUT2D eigenvalue weighted by molar-refractivity contribution is 6.34. The zero-order chi connectivity index (χ0) is 11.7. The van der Waals surface area contributed by atoms with E-state index in [0.29, 0.717) is 22.4 Å². The van der Waals surface area contributed by atoms with Gasteiger partial charge in [-0.15, -0.1) is 0 Å². The third kappa shape index (κ3) is 1.69. The van der Waals surface area contributed by atoms with E-state index in [2.05, 4.69) is 9.97 Å². The molecule has 0 radical (unpaired) electrons. The molecule has 0 unspecified atom stereocenters. The number of rotatable bonds is 2. The number of halogens is 1. The number of methoxy groups -OCH3 is 2. The molecule has 6 heteroatoms. The Balaban J connectivity index is 2.83. The summed E-state index contributed by atoms with van der Waals surface area (Å²) in [5.41, 5.74) is -0.0314. The van der Waals surface area contributed by atoms with Crippen molar-refractivity contribution in [3.8, 4) is 11.5 Å². The van der Waals surface area contributed by atoms with Crippen LogP contribution < -0.4 is 15.2 Å². The Morgan fingerprint density at radius 2 is 1.88 bits per heavy atom. The predicted molar refractivity (Wildman–Crippen MR) is 60.5 cm³/mol. The van der Waals surface area contributed by atoms with E-state index in [0.717, 1.165) is 0 Å². The van der Waals surface area contributed by atoms with Crippen molar-refractivity contribution in [2.75, 3.05) is 14.2 Å². The van der Waals surface area contributed by atoms with Gasteiger partial charge in [0.05, 0.1) is 19.7 Å². The van der Waals surface area contributed by atoms with Gasteiger partial charge in [0.25, 0.3) is 0 Å². The summed E-state index contributed by atoms with van der Waals surface area (Å²) in [5, 5.41) is 0.842. The minimum absolute atomic E-state index is 0.232. The molecule has 0 aliphatic heterocycles. The monoisotopic (exact) mass is 240 g/mol. The lowest BCUT2D eigenvalue weighted by molar-refractivity contribution is 0.355. The molecule has 0 saturated carbocycles. The summed E-state index contributed by atoms with van der Waals surface area (Å²) in [6.07, 6.45) is 0. The van der Waals surface area contributed by atoms with Crippen molar-refractivity contribution >= 4 is 22.5 Å². The van der Waals surface area contributed by atoms with Crippen molar-refractivity contribution < 1.29 is 9.47 Å². The second-order valence-corrected chi connectivity index (χ2v) is 3.46. The van der Waals surface area contributed by atoms with Crippen LogP contribution in [0.2, 0.25) is 5.15 Å². The van der Waals surface area contributed by atoms with Gasteiger partial charge in [0, 0.05) is 11.5 Å². The number of hydrogen-bond acceptors (Lipinski definition) is 4. The summed E-state index contributed by atoms with van der Waals surface area (Å²) >= 11 is 5.89. The van der Waals surface area contributed by atoms with E-state index >= 15 is 0 Å². The summed E-state index contributed by atoms with van der Waals surface area (Å²) in [5.74, 6) is 1.04. The molecule has 1 aromatic heterocycles. The van der Waals surface area contributed by atoms with Crippen LogP contribution in [-0.4, -0.2) is 24.2 Å². The van der Waals surface area contributed by atoms with E-state index in [1.165, 1.54) is 14.2 Å². The molecule has 0 fully saturated rings. The molecule has 0 amide bonds. The second-order valence-electron chi connectivity index (χ2n) is 3.08. The number of ether oxygens (including phenoxy) is 2. The molecule has 16 heavy (non-hydrogen) atoms. The quantitative estimate of drug-likeness (QED) is 0.810. The molecule has 84 valence electrons. The van der Waals surface area contributed by atoms with Gasteiger partial charge in [-0.05, 0) is 6.07 Å². The Morgan fingerprint density at radius 1 is 1.25 bits per heavy atom. The van der Waals surface area contributed by atoms with Gasteiger partial charge in [-0.2, -0.15) is 4.98 Å². The van der Waals surface area contributed by atoms with E-state index in [9.17, 15) is 4.79 Å². The standard InChI is InChI=1S/C10H9ClN2O3/c1-15-7-3-5-6(4-8(7)16-2)12-10(14)13-9(5)11/h3-4H,1-2H3,(H,12,13,14). The zero-order valence-corrected chi connectivity index (χ0v) is 9.46. The first-order chi connectivity index (χ1) is 7.65. The molecule has 0 aliphatic rings. The maximum Gasteiger partial charge on any atom is 0.346 e. The van der Waals surface area contributed by atoms with Crippen LogP contribution in [-0.2, 0) is 0 Å². The summed E-state index contributed by atoms with van der Waals surface area (Å²) in [4.78, 5) is 17.3. The third-order valence-corrected chi connectivity index (χ3v) is 2.48. The van der Waals surface area contributed by atoms with Crippen LogP contribution in [0.15, 0.2) is 16.9 Å². The van der Waals surface area contributed by atoms with Gasteiger partial charge in [-0.25, -0.2) is 4.79 Å². The van der Waals surface area contributed by atoms with E-state index in [1.54, 1.807) is 12.1 Å². The van der Waals surface area contributed by atoms with E-state index in [1.807, 2.05) is 0 Å². The third-order valence-electron chi connectivity index (χ3n) is 2.18. The summed E-state index contributed by atoms with van der Waals surface area (Å²) < 4.78 is 10.2. The Hall–Kier alpha value is -1.75. The Labute approximate surface area is 96.0 Å². The largest absolute Gasteiger partial charge is 0.493 e. The molecule has 1 heterocycles. The lowest BCUT2D eigenvalue weighted by atomic mass is 10.2. The van der Waals surface area contributed by atoms with Gasteiger partial charge in [0.1, 0.15) is 5.15 Å². The van der Waals surface area contributed by atoms with E-state index < -0.39 is 5.69 Å². The van der Waals surface area contributed by atoms with Crippen molar-refractivity contribution in [1.29, 1.82) is 0 Å². The number of aromatic nitrogens is 2. The number of nitrogens with zero attached hydrogens (tertiary/aromatic N) is 1. The lowest BCUT2D eigenvalue weighted by Crippen LogP contribution is -2.10. The Bertz CT molecular complexity index is 594. The van der Waals surface area contributed by atoms with E-state index in [4.69, 9.17) is 21.1 Å². The van der Waals surface area contributed by atoms with Gasteiger partial charge >= 0.3 is 5.69 Å². The fourth-order valence-electron chi connectivity index (χ4n) is 1.44. The van der Waals surface area contributed by atoms with Gasteiger partial charge in [-0.3, -0.25) is 4.98 Å². The maximum absolute atomic E-state index is 11.1. The summed E-state index contributed by atoms with van der Waals surface area (Å²) in [6, 6.07) is 3.27. The number of H-pyrrole nitrogens is 1. The number of aromatic amines is 1. The number of fused-ring (bicyclic) bond motifs is 1. The van der Waals surface area contributed by atoms with Crippen LogP contribution in [0.25, 0.3) is 10.9 Å². The van der Waals surface area contributed by atoms with Crippen LogP contribution in [0, 0.1) is 0 Å². The zero-order valence-electron chi connectivity index (χ0n) is 8.70. The maximum atomic E-state index is 11.1. The predicted octanol–water partition coefficient (Wildman–Crippen LogP) is 1.59. The van der Waals surface area contributed by atoms with Crippen molar-refractivity contribution in [3.05, 3.63) is 27.8 Å². The summed E-state index contributed by atoms with van der Waals surface area (Å²) in [6.45, 7) is 0. The average molecular weight is 241 g/mol. The smallest absolute Gasteiger partial charge is 0.346 e. The van der Waals surface area contributed by atoms with Crippen molar-refractivity contribution in [2.45, 2.75) is 0 Å². The molecule has 0 atom stereocenters. The minimum atomic E-state index is -0.496. The second kappa shape index (κ2) is 4.02. The summed E-state index contributed by atoms with van der Waals surface area (Å²) in [7, 11) is 3.04. The highest BCUT2D eigenvalue weighted by Gasteiger charge is 2.10. The first-order valence-corrected chi connectivity index (χ1v) is 4.85. The van der Waals surface area contributed by atoms with Crippen LogP contribution >= 0.6 is 11.6 Å². The molecule has 5 nitrogen and oxygen atoms in total. The van der Waals surface area contributed by atoms with Crippen LogP contribution in [0.5, 0.6) is 11.5 Å². The fraction of sp³-hybridized carbons (Fsp3) is 0.200. The molecule has 0 aliphatic carbocycles. The van der Waals surface area contributed by atoms with Gasteiger partial charge in [-0.1, -0.05) is 11.6 Å². The lowest BCUT2D eigenvalue weighted by Gasteiger charge is -2.08. The molecule has 0 spiro atoms. The van der Waals surface area contributed by atoms with Crippen LogP contribution in [0.1, 0.15) is 0 Å². The molecular weight excluding hydrogens is 232 g/mol. The fourth-order valence-corrected chi connectivity index (χ4v) is 1.67. The Morgan fingerprint density at radius 3 is 2.50 bits per heavy atom. The number of nitrogens with one attached hydrogen (secondary N) is 1. The SMILES string of the molecule is COc1cc2nc(=O)[nH]c(Cl)c2cc1OC. The molecule has 1 N–H and O–H groups in total. The van der Waals surface area contributed by atoms with Crippen molar-refractivity contribution in [1.82, 2.24) is 9.97 Å². The van der Waals surface area contributed by atoms with Gasteiger partial charge < -0.3 is 9.47 Å². The minimum Gasteiger partial charge on any atom is -0.493 e. The molecule has 1 aromatic carbocycles. The highest BCUT2D eigenvalue weighted by atomic mass is 35.5. The van der Waals surface area contributed by atoms with Crippen LogP contribution in [0.4, 0.5) is 0 Å². The first-order valence-electron chi connectivity index (χ1n) is 4.47. The molecular formula is C10H9ClN2O3. The van der Waals surface area contributed by atoms with Crippen LogP contribution in [0.3, 0.4) is 0 Å². The molecule has 2 aromatic rings. The molecule has 2 rings (SSSR count). The first kappa shape index (κ1) is 10.8. The average Bonchev–Trinajstić information content (AvgIpc) is 2.27. The Kier molecular flexibility index (Phi) is 2.70. The van der Waals surface area contributed by atoms with Gasteiger partial charge in [0.15, 0.2) is 11.5 Å². The van der Waals surface area contributed by atoms with Crippen molar-refractivity contribution in [2.24, 2.45) is 0 Å². The van der Waals surface area contributed by atoms with Crippen molar-refractivity contribution in [3.63, 3.8) is 0 Å². The molecule has 0 saturated heterocycles. The number of hydrogen-bond donors (Lipinski definition) is 1. The number of benzene rings is 1. The van der Waals surface area contributed by atoms with E-state index in [-0.39, 0.29) is 5.15 Å². The molecule has 0 bridgehead atoms. The normalized spacial score (nSPS) is 10.4. The highest BCUT2D eigenvalue weighted by Crippen LogP contribution is 2.32. The topological polar surface area (TPSA) is 64.2 Å².